The Kier molecular flexibility index (Phi) is 4.75. The summed E-state index contributed by atoms with van der Waals surface area (Å²) in [6.07, 6.45) is 1.01. The molecule has 0 bridgehead atoms. The lowest BCUT2D eigenvalue weighted by Gasteiger charge is -2.27. The highest BCUT2D eigenvalue weighted by Gasteiger charge is 2.37. The molecule has 1 heterocycles. The van der Waals surface area contributed by atoms with E-state index in [9.17, 15) is 14.4 Å². The minimum Gasteiger partial charge on any atom is -0.455 e. The molecule has 0 aliphatic heterocycles. The van der Waals surface area contributed by atoms with Gasteiger partial charge in [-0.1, -0.05) is 26.0 Å². The van der Waals surface area contributed by atoms with E-state index in [4.69, 9.17) is 4.42 Å². The third-order valence-corrected chi connectivity index (χ3v) is 5.08. The second kappa shape index (κ2) is 6.72. The fourth-order valence-electron chi connectivity index (χ4n) is 3.18. The quantitative estimate of drug-likeness (QED) is 0.729. The number of halogens is 1. The molecule has 26 heavy (non-hydrogen) atoms. The van der Waals surface area contributed by atoms with Crippen LogP contribution in [0, 0.1) is 12.3 Å². The lowest BCUT2D eigenvalue weighted by molar-refractivity contribution is 0.0827. The maximum atomic E-state index is 12.4. The standard InChI is InChI=1S/C19H19BrN2O4/c1-10-15-13(23)8-19(2,3)9-14(15)26-16(10)18(25)22-21-17(24)11-6-4-5-7-12(11)20/h4-7H,8-9H2,1-3H3,(H,21,24)(H,22,25). The molecule has 1 aliphatic carbocycles. The SMILES string of the molecule is Cc1c(C(=O)NNC(=O)c2ccccc2Br)oc2c1C(=O)CC(C)(C)C2. The molecule has 1 aromatic heterocycles. The summed E-state index contributed by atoms with van der Waals surface area (Å²) in [7, 11) is 0. The first-order valence-electron chi connectivity index (χ1n) is 8.20. The minimum atomic E-state index is -0.595. The van der Waals surface area contributed by atoms with E-state index in [1.165, 1.54) is 0 Å². The van der Waals surface area contributed by atoms with Crippen molar-refractivity contribution in [1.82, 2.24) is 10.9 Å². The van der Waals surface area contributed by atoms with Crippen molar-refractivity contribution in [1.29, 1.82) is 0 Å². The summed E-state index contributed by atoms with van der Waals surface area (Å²) in [5, 5.41) is 0. The van der Waals surface area contributed by atoms with Gasteiger partial charge in [-0.05, 0) is 40.4 Å². The van der Waals surface area contributed by atoms with Crippen LogP contribution in [0.5, 0.6) is 0 Å². The number of Topliss-reactive ketones (excluding diaryl/α,β-unsaturated/α-hetero) is 1. The minimum absolute atomic E-state index is 0.0196. The molecule has 1 aliphatic rings. The van der Waals surface area contributed by atoms with Crippen LogP contribution in [0.1, 0.15) is 62.9 Å². The molecular weight excluding hydrogens is 400 g/mol. The van der Waals surface area contributed by atoms with Gasteiger partial charge in [0.25, 0.3) is 5.91 Å². The number of amides is 2. The van der Waals surface area contributed by atoms with Gasteiger partial charge in [-0.2, -0.15) is 0 Å². The van der Waals surface area contributed by atoms with E-state index in [2.05, 4.69) is 26.8 Å². The monoisotopic (exact) mass is 418 g/mol. The molecule has 2 amide bonds. The van der Waals surface area contributed by atoms with Crippen molar-refractivity contribution in [2.75, 3.05) is 0 Å². The van der Waals surface area contributed by atoms with Gasteiger partial charge in [0.15, 0.2) is 11.5 Å². The van der Waals surface area contributed by atoms with Crippen molar-refractivity contribution >= 4 is 33.5 Å². The normalized spacial score (nSPS) is 15.3. The van der Waals surface area contributed by atoms with E-state index in [1.807, 2.05) is 13.8 Å². The Morgan fingerprint density at radius 2 is 1.77 bits per heavy atom. The number of nitrogens with one attached hydrogen (secondary N) is 2. The number of hydrogen-bond acceptors (Lipinski definition) is 4. The van der Waals surface area contributed by atoms with Gasteiger partial charge < -0.3 is 4.42 Å². The first-order chi connectivity index (χ1) is 12.2. The lowest BCUT2D eigenvalue weighted by Crippen LogP contribution is -2.41. The summed E-state index contributed by atoms with van der Waals surface area (Å²) in [6, 6.07) is 6.87. The molecule has 0 unspecified atom stereocenters. The van der Waals surface area contributed by atoms with Crippen LogP contribution in [0.15, 0.2) is 33.2 Å². The Bertz CT molecular complexity index is 914. The number of carbonyl (C=O) groups is 3. The van der Waals surface area contributed by atoms with Gasteiger partial charge in [0.05, 0.1) is 11.1 Å². The number of rotatable bonds is 2. The van der Waals surface area contributed by atoms with Crippen molar-refractivity contribution in [3.05, 3.63) is 56.9 Å². The molecule has 0 radical (unpaired) electrons. The highest BCUT2D eigenvalue weighted by molar-refractivity contribution is 9.10. The largest absolute Gasteiger partial charge is 0.455 e. The van der Waals surface area contributed by atoms with Crippen LogP contribution in [-0.2, 0) is 6.42 Å². The molecular formula is C19H19BrN2O4. The lowest BCUT2D eigenvalue weighted by atomic mass is 9.76. The summed E-state index contributed by atoms with van der Waals surface area (Å²) in [5.41, 5.74) is 5.90. The van der Waals surface area contributed by atoms with Crippen molar-refractivity contribution in [2.24, 2.45) is 5.41 Å². The summed E-state index contributed by atoms with van der Waals surface area (Å²) in [5.74, 6) is -0.492. The van der Waals surface area contributed by atoms with Crippen molar-refractivity contribution in [3.63, 3.8) is 0 Å². The second-order valence-electron chi connectivity index (χ2n) is 7.18. The second-order valence-corrected chi connectivity index (χ2v) is 8.04. The third kappa shape index (κ3) is 3.44. The van der Waals surface area contributed by atoms with Gasteiger partial charge in [-0.25, -0.2) is 0 Å². The molecule has 3 rings (SSSR count). The van der Waals surface area contributed by atoms with Crippen molar-refractivity contribution < 1.29 is 18.8 Å². The predicted octanol–water partition coefficient (Wildman–Crippen LogP) is 3.58. The molecule has 7 heteroatoms. The Morgan fingerprint density at radius 1 is 1.12 bits per heavy atom. The zero-order valence-corrected chi connectivity index (χ0v) is 16.3. The summed E-state index contributed by atoms with van der Waals surface area (Å²) in [4.78, 5) is 37.0. The fraction of sp³-hybridized carbons (Fsp3) is 0.316. The summed E-state index contributed by atoms with van der Waals surface area (Å²) < 4.78 is 6.29. The van der Waals surface area contributed by atoms with Crippen LogP contribution in [0.25, 0.3) is 0 Å². The number of hydrogen-bond donors (Lipinski definition) is 2. The fourth-order valence-corrected chi connectivity index (χ4v) is 3.65. The summed E-state index contributed by atoms with van der Waals surface area (Å²) in [6.45, 7) is 5.66. The molecule has 0 saturated carbocycles. The van der Waals surface area contributed by atoms with Crippen LogP contribution >= 0.6 is 15.9 Å². The van der Waals surface area contributed by atoms with Crippen LogP contribution in [0.4, 0.5) is 0 Å². The highest BCUT2D eigenvalue weighted by Crippen LogP contribution is 2.38. The number of benzene rings is 1. The van der Waals surface area contributed by atoms with Gasteiger partial charge in [0, 0.05) is 22.9 Å². The third-order valence-electron chi connectivity index (χ3n) is 4.39. The molecule has 1 aromatic carbocycles. The van der Waals surface area contributed by atoms with Gasteiger partial charge in [0.1, 0.15) is 5.76 Å². The molecule has 0 fully saturated rings. The Balaban J connectivity index is 1.77. The predicted molar refractivity (Wildman–Crippen MR) is 99.0 cm³/mol. The van der Waals surface area contributed by atoms with Gasteiger partial charge in [-0.15, -0.1) is 0 Å². The molecule has 0 spiro atoms. The summed E-state index contributed by atoms with van der Waals surface area (Å²) >= 11 is 3.29. The number of ketones is 1. The van der Waals surface area contributed by atoms with Gasteiger partial charge in [-0.3, -0.25) is 25.2 Å². The van der Waals surface area contributed by atoms with E-state index in [0.717, 1.165) is 0 Å². The number of hydrazine groups is 1. The first kappa shape index (κ1) is 18.4. The molecule has 136 valence electrons. The van der Waals surface area contributed by atoms with E-state index in [-0.39, 0.29) is 17.0 Å². The highest BCUT2D eigenvalue weighted by atomic mass is 79.9. The molecule has 0 atom stereocenters. The zero-order chi connectivity index (χ0) is 19.1. The van der Waals surface area contributed by atoms with Crippen LogP contribution < -0.4 is 10.9 Å². The average molecular weight is 419 g/mol. The van der Waals surface area contributed by atoms with E-state index in [0.29, 0.717) is 39.8 Å². The topological polar surface area (TPSA) is 88.4 Å². The molecule has 6 nitrogen and oxygen atoms in total. The molecule has 2 N–H and O–H groups in total. The Hall–Kier alpha value is -2.41. The average Bonchev–Trinajstić information content (AvgIpc) is 2.88. The van der Waals surface area contributed by atoms with Crippen molar-refractivity contribution in [3.8, 4) is 0 Å². The van der Waals surface area contributed by atoms with Crippen LogP contribution in [0.2, 0.25) is 0 Å². The smallest absolute Gasteiger partial charge is 0.305 e. The first-order valence-corrected chi connectivity index (χ1v) is 8.99. The number of furan rings is 1. The maximum Gasteiger partial charge on any atom is 0.305 e. The van der Waals surface area contributed by atoms with E-state index in [1.54, 1.807) is 31.2 Å². The number of fused-ring (bicyclic) bond motifs is 1. The van der Waals surface area contributed by atoms with Gasteiger partial charge in [0.2, 0.25) is 0 Å². The van der Waals surface area contributed by atoms with Crippen LogP contribution in [0.3, 0.4) is 0 Å². The van der Waals surface area contributed by atoms with E-state index >= 15 is 0 Å². The Morgan fingerprint density at radius 3 is 2.46 bits per heavy atom. The van der Waals surface area contributed by atoms with E-state index < -0.39 is 11.8 Å². The maximum absolute atomic E-state index is 12.4. The molecule has 2 aromatic rings. The number of carbonyl (C=O) groups excluding carboxylic acids is 3. The van der Waals surface area contributed by atoms with Gasteiger partial charge >= 0.3 is 5.91 Å². The van der Waals surface area contributed by atoms with Crippen LogP contribution in [-0.4, -0.2) is 17.6 Å². The Labute approximate surface area is 159 Å². The zero-order valence-electron chi connectivity index (χ0n) is 14.7. The molecule has 0 saturated heterocycles. The van der Waals surface area contributed by atoms with Crippen molar-refractivity contribution in [2.45, 2.75) is 33.6 Å².